The van der Waals surface area contributed by atoms with Gasteiger partial charge in [0.1, 0.15) is 5.75 Å². The van der Waals surface area contributed by atoms with Crippen molar-refractivity contribution in [2.45, 2.75) is 0 Å². The van der Waals surface area contributed by atoms with Crippen molar-refractivity contribution in [2.24, 2.45) is 0 Å². The van der Waals surface area contributed by atoms with E-state index >= 15 is 0 Å². The highest BCUT2D eigenvalue weighted by atomic mass is 35.5. The minimum atomic E-state index is -0.00711. The molecule has 0 aliphatic heterocycles. The highest BCUT2D eigenvalue weighted by molar-refractivity contribution is 7.18. The van der Waals surface area contributed by atoms with Gasteiger partial charge in [0.05, 0.1) is 25.2 Å². The molecule has 0 aliphatic rings. The molecule has 1 heterocycles. The van der Waals surface area contributed by atoms with E-state index in [4.69, 9.17) is 34.8 Å². The lowest BCUT2D eigenvalue weighted by molar-refractivity contribution is 0.482. The fourth-order valence-corrected chi connectivity index (χ4v) is 2.90. The Morgan fingerprint density at radius 3 is 2.46 bits per heavy atom. The molecule has 0 saturated heterocycles. The van der Waals surface area contributed by atoms with Gasteiger partial charge in [-0.15, -0.1) is 11.3 Å². The summed E-state index contributed by atoms with van der Waals surface area (Å²) in [7, 11) is 0. The van der Waals surface area contributed by atoms with Crippen molar-refractivity contribution in [2.75, 3.05) is 0 Å². The van der Waals surface area contributed by atoms with Gasteiger partial charge in [-0.25, -0.2) is 0 Å². The molecule has 2 aromatic rings. The van der Waals surface area contributed by atoms with Crippen LogP contribution in [0, 0.1) is 0 Å². The van der Waals surface area contributed by atoms with Gasteiger partial charge in [0.15, 0.2) is 0 Å². The molecule has 1 aromatic carbocycles. The minimum Gasteiger partial charge on any atom is -0.506 e. The zero-order chi connectivity index (χ0) is 9.59. The zero-order valence-corrected chi connectivity index (χ0v) is 9.23. The number of rotatable bonds is 0. The van der Waals surface area contributed by atoms with E-state index in [1.165, 1.54) is 17.4 Å². The Labute approximate surface area is 93.5 Å². The maximum atomic E-state index is 9.58. The maximum absolute atomic E-state index is 9.58. The first-order valence-corrected chi connectivity index (χ1v) is 5.36. The Hall–Kier alpha value is -0.150. The summed E-state index contributed by atoms with van der Waals surface area (Å²) in [6.07, 6.45) is 0. The van der Waals surface area contributed by atoms with Gasteiger partial charge in [0, 0.05) is 5.38 Å². The topological polar surface area (TPSA) is 20.2 Å². The molecule has 5 heteroatoms. The summed E-state index contributed by atoms with van der Waals surface area (Å²) in [5.41, 5.74) is 0. The van der Waals surface area contributed by atoms with E-state index in [0.717, 1.165) is 4.70 Å². The first-order chi connectivity index (χ1) is 6.11. The standard InChI is InChI=1S/C8H3Cl3OS/c9-3-1-4(10)8-6(7(3)12)5(11)2-13-8/h1-2,12H. The summed E-state index contributed by atoms with van der Waals surface area (Å²) in [5, 5.41) is 13.0. The number of phenols is 1. The van der Waals surface area contributed by atoms with E-state index in [-0.39, 0.29) is 10.8 Å². The number of hydrogen-bond donors (Lipinski definition) is 1. The van der Waals surface area contributed by atoms with Crippen LogP contribution in [0.3, 0.4) is 0 Å². The van der Waals surface area contributed by atoms with Gasteiger partial charge in [0.25, 0.3) is 0 Å². The Morgan fingerprint density at radius 2 is 1.77 bits per heavy atom. The Balaban J connectivity index is 3.00. The van der Waals surface area contributed by atoms with Crippen LogP contribution in [-0.4, -0.2) is 5.11 Å². The second kappa shape index (κ2) is 3.21. The van der Waals surface area contributed by atoms with Crippen LogP contribution >= 0.6 is 46.1 Å². The molecule has 0 saturated carbocycles. The molecule has 0 radical (unpaired) electrons. The molecule has 2 rings (SSSR count). The van der Waals surface area contributed by atoms with Crippen molar-refractivity contribution in [1.29, 1.82) is 0 Å². The summed E-state index contributed by atoms with van der Waals surface area (Å²) in [6.45, 7) is 0. The Kier molecular flexibility index (Phi) is 2.32. The molecular weight excluding hydrogens is 251 g/mol. The molecule has 1 aromatic heterocycles. The number of fused-ring (bicyclic) bond motifs is 1. The molecule has 68 valence electrons. The number of aromatic hydroxyl groups is 1. The largest absolute Gasteiger partial charge is 0.506 e. The van der Waals surface area contributed by atoms with Gasteiger partial charge < -0.3 is 5.11 Å². The number of phenolic OH excluding ortho intramolecular Hbond substituents is 1. The van der Waals surface area contributed by atoms with Crippen molar-refractivity contribution >= 4 is 56.2 Å². The number of hydrogen-bond acceptors (Lipinski definition) is 2. The van der Waals surface area contributed by atoms with Crippen LogP contribution in [0.15, 0.2) is 11.4 Å². The molecule has 0 bridgehead atoms. The first-order valence-electron chi connectivity index (χ1n) is 3.35. The summed E-state index contributed by atoms with van der Waals surface area (Å²) in [6, 6.07) is 1.51. The molecule has 1 nitrogen and oxygen atoms in total. The van der Waals surface area contributed by atoms with E-state index in [0.29, 0.717) is 15.4 Å². The summed E-state index contributed by atoms with van der Waals surface area (Å²) in [5.74, 6) is -0.00711. The minimum absolute atomic E-state index is 0.00711. The second-order valence-corrected chi connectivity index (χ2v) is 4.58. The monoisotopic (exact) mass is 252 g/mol. The highest BCUT2D eigenvalue weighted by Gasteiger charge is 2.13. The molecule has 0 spiro atoms. The zero-order valence-electron chi connectivity index (χ0n) is 6.14. The third-order valence-electron chi connectivity index (χ3n) is 1.68. The van der Waals surface area contributed by atoms with Gasteiger partial charge in [-0.05, 0) is 6.07 Å². The van der Waals surface area contributed by atoms with Crippen LogP contribution in [0.1, 0.15) is 0 Å². The fourth-order valence-electron chi connectivity index (χ4n) is 1.10. The fraction of sp³-hybridized carbons (Fsp3) is 0. The first kappa shape index (κ1) is 9.41. The third-order valence-corrected chi connectivity index (χ3v) is 3.82. The van der Waals surface area contributed by atoms with Crippen LogP contribution in [0.25, 0.3) is 10.1 Å². The van der Waals surface area contributed by atoms with Crippen LogP contribution in [0.4, 0.5) is 0 Å². The molecule has 0 aliphatic carbocycles. The number of halogens is 3. The van der Waals surface area contributed by atoms with E-state index in [1.807, 2.05) is 0 Å². The lowest BCUT2D eigenvalue weighted by Gasteiger charge is -2.00. The van der Waals surface area contributed by atoms with Crippen molar-refractivity contribution in [1.82, 2.24) is 0 Å². The lowest BCUT2D eigenvalue weighted by Crippen LogP contribution is -1.72. The van der Waals surface area contributed by atoms with Crippen LogP contribution in [0.5, 0.6) is 5.75 Å². The van der Waals surface area contributed by atoms with Crippen LogP contribution < -0.4 is 0 Å². The predicted molar refractivity (Wildman–Crippen MR) is 58.5 cm³/mol. The van der Waals surface area contributed by atoms with E-state index in [9.17, 15) is 5.11 Å². The molecule has 0 fully saturated rings. The quantitative estimate of drug-likeness (QED) is 0.729. The van der Waals surface area contributed by atoms with E-state index in [1.54, 1.807) is 5.38 Å². The van der Waals surface area contributed by atoms with E-state index < -0.39 is 0 Å². The average molecular weight is 254 g/mol. The van der Waals surface area contributed by atoms with E-state index in [2.05, 4.69) is 0 Å². The van der Waals surface area contributed by atoms with Gasteiger partial charge in [0.2, 0.25) is 0 Å². The normalized spacial score (nSPS) is 11.0. The van der Waals surface area contributed by atoms with Crippen molar-refractivity contribution in [3.8, 4) is 5.75 Å². The smallest absolute Gasteiger partial charge is 0.144 e. The summed E-state index contributed by atoms with van der Waals surface area (Å²) >= 11 is 18.9. The van der Waals surface area contributed by atoms with Crippen molar-refractivity contribution in [3.63, 3.8) is 0 Å². The van der Waals surface area contributed by atoms with Gasteiger partial charge in [-0.3, -0.25) is 0 Å². The molecular formula is C8H3Cl3OS. The molecule has 1 N–H and O–H groups in total. The highest BCUT2D eigenvalue weighted by Crippen LogP contribution is 2.44. The third kappa shape index (κ3) is 1.38. The van der Waals surface area contributed by atoms with Crippen LogP contribution in [0.2, 0.25) is 15.1 Å². The van der Waals surface area contributed by atoms with Gasteiger partial charge in [-0.2, -0.15) is 0 Å². The van der Waals surface area contributed by atoms with Gasteiger partial charge >= 0.3 is 0 Å². The van der Waals surface area contributed by atoms with Gasteiger partial charge in [-0.1, -0.05) is 34.8 Å². The SMILES string of the molecule is Oc1c(Cl)cc(Cl)c2scc(Cl)c12. The molecule has 0 atom stereocenters. The number of benzene rings is 1. The summed E-state index contributed by atoms with van der Waals surface area (Å²) < 4.78 is 0.758. The molecule has 0 unspecified atom stereocenters. The van der Waals surface area contributed by atoms with Crippen molar-refractivity contribution < 1.29 is 5.11 Å². The second-order valence-electron chi connectivity index (χ2n) is 2.48. The number of thiophene rings is 1. The Bertz CT molecular complexity index is 478. The predicted octanol–water partition coefficient (Wildman–Crippen LogP) is 4.57. The van der Waals surface area contributed by atoms with Crippen LogP contribution in [-0.2, 0) is 0 Å². The average Bonchev–Trinajstić information content (AvgIpc) is 2.44. The summed E-state index contributed by atoms with van der Waals surface area (Å²) in [4.78, 5) is 0. The van der Waals surface area contributed by atoms with Crippen molar-refractivity contribution in [3.05, 3.63) is 26.5 Å². The Morgan fingerprint density at radius 1 is 1.08 bits per heavy atom. The molecule has 13 heavy (non-hydrogen) atoms. The molecule has 0 amide bonds. The maximum Gasteiger partial charge on any atom is 0.144 e. The lowest BCUT2D eigenvalue weighted by atomic mass is 10.2.